The van der Waals surface area contributed by atoms with Crippen molar-refractivity contribution < 1.29 is 91.6 Å². The summed E-state index contributed by atoms with van der Waals surface area (Å²) in [5.74, 6) is 0. The van der Waals surface area contributed by atoms with Gasteiger partial charge in [-0.2, -0.15) is 0 Å². The van der Waals surface area contributed by atoms with Gasteiger partial charge < -0.3 is 0 Å². The predicted octanol–water partition coefficient (Wildman–Crippen LogP) is -5.09. The van der Waals surface area contributed by atoms with Crippen LogP contribution >= 0.6 is 0 Å². The van der Waals surface area contributed by atoms with Crippen LogP contribution < -0.4 is 59.1 Å². The Morgan fingerprint density at radius 2 is 0.571 bits per heavy atom. The van der Waals surface area contributed by atoms with Gasteiger partial charge in [-0.3, -0.25) is 0 Å². The van der Waals surface area contributed by atoms with Crippen LogP contribution in [0.5, 0.6) is 0 Å². The minimum atomic E-state index is 0. The van der Waals surface area contributed by atoms with Crippen LogP contribution in [0.15, 0.2) is 0 Å². The molecule has 1 saturated carbocycles. The zero-order valence-corrected chi connectivity index (χ0v) is 13.5. The second-order valence-corrected chi connectivity index (χ2v) is 0.962. The van der Waals surface area contributed by atoms with Crippen LogP contribution in [-0.2, 0) is 32.5 Å². The minimum absolute atomic E-state index is 0. The summed E-state index contributed by atoms with van der Waals surface area (Å²) in [4.78, 5) is 0. The van der Waals surface area contributed by atoms with E-state index in [-0.39, 0.29) is 77.7 Å². The maximum absolute atomic E-state index is 7.50. The molecule has 6 radical (unpaired) electrons. The monoisotopic (exact) mass is 246 g/mol. The Morgan fingerprint density at radius 1 is 0.500 bits per heavy atom. The summed E-state index contributed by atoms with van der Waals surface area (Å²) < 4.78 is 22.5. The topological polar surface area (TPSA) is 59.7 Å². The molecule has 14 heavy (non-hydrogen) atoms. The molecule has 60 valence electrons. The molecule has 0 aromatic rings. The zero-order valence-electron chi connectivity index (χ0n) is 8.06. The molecule has 0 atom stereocenters. The summed E-state index contributed by atoms with van der Waals surface area (Å²) >= 11 is 0. The third kappa shape index (κ3) is 48.9. The van der Waals surface area contributed by atoms with Crippen molar-refractivity contribution in [1.29, 1.82) is 0 Å². The van der Waals surface area contributed by atoms with E-state index in [2.05, 4.69) is 20.0 Å². The average molecular weight is 246 g/mol. The van der Waals surface area contributed by atoms with E-state index >= 15 is 0 Å². The maximum Gasteiger partial charge on any atom is 1.00 e. The fourth-order valence-electron chi connectivity index (χ4n) is 0.321. The third-order valence-electron chi connectivity index (χ3n) is 0.556. The number of hydrogen-bond acceptors (Lipinski definition) is 0. The molecular formula is C8H5Na2O3V+2. The van der Waals surface area contributed by atoms with Crippen LogP contribution in [0.2, 0.25) is 0 Å². The Balaban J connectivity index is -0.0000000161. The first kappa shape index (κ1) is 36.0. The molecule has 0 aliphatic heterocycles. The van der Waals surface area contributed by atoms with Crippen molar-refractivity contribution in [2.24, 2.45) is 0 Å². The minimum Gasteiger partial charge on any atom is -0.0312 e. The second-order valence-electron chi connectivity index (χ2n) is 0.962. The van der Waals surface area contributed by atoms with Gasteiger partial charge in [0.1, 0.15) is 0 Å². The van der Waals surface area contributed by atoms with Crippen molar-refractivity contribution >= 4 is 0 Å². The Hall–Kier alpha value is 1.80. The molecule has 0 heterocycles. The van der Waals surface area contributed by atoms with E-state index in [0.29, 0.717) is 0 Å². The molecule has 3 nitrogen and oxygen atoms in total. The Morgan fingerprint density at radius 3 is 0.643 bits per heavy atom. The summed E-state index contributed by atoms with van der Waals surface area (Å²) in [5, 5.41) is 0. The number of hydrogen-bond donors (Lipinski definition) is 0. The number of rotatable bonds is 0. The van der Waals surface area contributed by atoms with Crippen molar-refractivity contribution in [3.05, 3.63) is 52.1 Å². The van der Waals surface area contributed by atoms with E-state index in [0.717, 1.165) is 0 Å². The second kappa shape index (κ2) is 60.9. The van der Waals surface area contributed by atoms with E-state index in [9.17, 15) is 0 Å². The predicted molar refractivity (Wildman–Crippen MR) is 33.3 cm³/mol. The van der Waals surface area contributed by atoms with Gasteiger partial charge in [0, 0.05) is 18.6 Å². The molecule has 0 unspecified atom stereocenters. The van der Waals surface area contributed by atoms with Crippen molar-refractivity contribution in [1.82, 2.24) is 0 Å². The van der Waals surface area contributed by atoms with Crippen LogP contribution in [0.3, 0.4) is 0 Å². The van der Waals surface area contributed by atoms with Gasteiger partial charge in [-0.25, -0.2) is 0 Å². The fourth-order valence-corrected chi connectivity index (χ4v) is 0.321. The van der Waals surface area contributed by atoms with Crippen LogP contribution in [0.4, 0.5) is 0 Å². The SMILES string of the molecule is [C-]#[O+].[C-]#[O+].[C-]#[O+].[CH]1[CH][CH][CH][CH]1.[Na+].[Na+].[V]. The van der Waals surface area contributed by atoms with Crippen LogP contribution in [0.25, 0.3) is 0 Å². The van der Waals surface area contributed by atoms with E-state index in [4.69, 9.17) is 14.0 Å². The van der Waals surface area contributed by atoms with Gasteiger partial charge in [0.2, 0.25) is 0 Å². The summed E-state index contributed by atoms with van der Waals surface area (Å²) in [5.41, 5.74) is 0. The zero-order chi connectivity index (χ0) is 9.54. The molecule has 1 aliphatic carbocycles. The molecule has 1 fully saturated rings. The van der Waals surface area contributed by atoms with Crippen molar-refractivity contribution in [2.75, 3.05) is 0 Å². The molecular weight excluding hydrogens is 241 g/mol. The Kier molecular flexibility index (Phi) is 157. The maximum atomic E-state index is 7.50. The van der Waals surface area contributed by atoms with Gasteiger partial charge >= 0.3 is 93.0 Å². The molecule has 0 bridgehead atoms. The van der Waals surface area contributed by atoms with E-state index in [1.165, 1.54) is 0 Å². The first-order chi connectivity index (χ1) is 5.50. The molecule has 0 N–H and O–H groups in total. The largest absolute Gasteiger partial charge is 1.00 e. The van der Waals surface area contributed by atoms with Crippen molar-refractivity contribution in [2.45, 2.75) is 0 Å². The summed E-state index contributed by atoms with van der Waals surface area (Å²) in [6, 6.07) is 0. The molecule has 0 spiro atoms. The first-order valence-electron chi connectivity index (χ1n) is 2.28. The average Bonchev–Trinajstić information content (AvgIpc) is 2.71. The van der Waals surface area contributed by atoms with Gasteiger partial charge in [0.15, 0.2) is 0 Å². The van der Waals surface area contributed by atoms with Crippen LogP contribution in [-0.4, -0.2) is 0 Å². The van der Waals surface area contributed by atoms with E-state index in [1.807, 2.05) is 32.1 Å². The molecule has 0 saturated heterocycles. The quantitative estimate of drug-likeness (QED) is 0.233. The van der Waals surface area contributed by atoms with Crippen LogP contribution in [0.1, 0.15) is 0 Å². The normalized spacial score (nSPS) is 9.00. The molecule has 1 aliphatic rings. The summed E-state index contributed by atoms with van der Waals surface area (Å²) in [7, 11) is 0. The summed E-state index contributed by atoms with van der Waals surface area (Å²) in [6.07, 6.45) is 10.0. The first-order valence-corrected chi connectivity index (χ1v) is 2.28. The molecule has 0 amide bonds. The molecule has 6 heteroatoms. The van der Waals surface area contributed by atoms with Crippen molar-refractivity contribution in [3.8, 4) is 0 Å². The fraction of sp³-hybridized carbons (Fsp3) is 0. The molecule has 0 aromatic heterocycles. The molecule has 1 rings (SSSR count). The third-order valence-corrected chi connectivity index (χ3v) is 0.556. The van der Waals surface area contributed by atoms with E-state index < -0.39 is 0 Å². The Labute approximate surface area is 142 Å². The van der Waals surface area contributed by atoms with Crippen molar-refractivity contribution in [3.63, 3.8) is 0 Å². The Bertz CT molecular complexity index is 89.0. The van der Waals surface area contributed by atoms with Crippen LogP contribution in [0, 0.1) is 52.1 Å². The standard InChI is InChI=1S/C5H5.3CO.2Na.V/c1-2-4-5-3-1;3*1-2;;;/h1-5H;;;;;;/q;;;;2*+1;. The summed E-state index contributed by atoms with van der Waals surface area (Å²) in [6.45, 7) is 13.5. The van der Waals surface area contributed by atoms with Gasteiger partial charge in [-0.15, -0.1) is 0 Å². The van der Waals surface area contributed by atoms with Gasteiger partial charge in [0.05, 0.1) is 0 Å². The smallest absolute Gasteiger partial charge is 0.0312 e. The van der Waals surface area contributed by atoms with E-state index in [1.54, 1.807) is 0 Å². The van der Waals surface area contributed by atoms with Gasteiger partial charge in [0.25, 0.3) is 0 Å². The molecule has 0 aromatic carbocycles. The van der Waals surface area contributed by atoms with Gasteiger partial charge in [-0.1, -0.05) is 0 Å². The van der Waals surface area contributed by atoms with Gasteiger partial charge in [-0.05, 0) is 32.1 Å².